The number of halogens is 2. The first-order valence-corrected chi connectivity index (χ1v) is 11.6. The first-order chi connectivity index (χ1) is 14.7. The maximum Gasteiger partial charge on any atom is 0.264 e. The first-order valence-electron chi connectivity index (χ1n) is 9.32. The maximum atomic E-state index is 13.1. The molecule has 0 atom stereocenters. The summed E-state index contributed by atoms with van der Waals surface area (Å²) in [6.45, 7) is 3.97. The summed E-state index contributed by atoms with van der Waals surface area (Å²) in [5.74, 6) is 0.324. The second-order valence-corrected chi connectivity index (χ2v) is 9.46. The maximum absolute atomic E-state index is 13.1. The van der Waals surface area contributed by atoms with Gasteiger partial charge < -0.3 is 5.32 Å². The summed E-state index contributed by atoms with van der Waals surface area (Å²) in [7, 11) is -4.08. The minimum atomic E-state index is -4.08. The molecule has 4 aromatic rings. The van der Waals surface area contributed by atoms with Gasteiger partial charge in [-0.15, -0.1) is 0 Å². The number of para-hydroxylation sites is 2. The van der Waals surface area contributed by atoms with Crippen molar-refractivity contribution in [3.63, 3.8) is 0 Å². The zero-order chi connectivity index (χ0) is 22.2. The van der Waals surface area contributed by atoms with Gasteiger partial charge in [-0.2, -0.15) is 0 Å². The number of hydrogen-bond acceptors (Lipinski definition) is 5. The molecule has 0 bridgehead atoms. The SMILES string of the molecule is Cc1cccc(Nc2nc3ccccc3nc2NS(=O)(=O)c2cc(Cl)ccc2Cl)c1C. The molecule has 4 rings (SSSR count). The number of nitrogens with one attached hydrogen (secondary N) is 2. The number of aromatic nitrogens is 2. The molecule has 6 nitrogen and oxygen atoms in total. The molecule has 0 saturated carbocycles. The molecule has 0 amide bonds. The Bertz CT molecular complexity index is 1410. The van der Waals surface area contributed by atoms with Crippen LogP contribution in [0.15, 0.2) is 65.6 Å². The Morgan fingerprint density at radius 3 is 2.23 bits per heavy atom. The number of fused-ring (bicyclic) bond motifs is 1. The van der Waals surface area contributed by atoms with Crippen LogP contribution in [0.5, 0.6) is 0 Å². The number of sulfonamides is 1. The van der Waals surface area contributed by atoms with Crippen LogP contribution in [-0.4, -0.2) is 18.4 Å². The van der Waals surface area contributed by atoms with Gasteiger partial charge in [0.25, 0.3) is 10.0 Å². The Labute approximate surface area is 190 Å². The van der Waals surface area contributed by atoms with Gasteiger partial charge in [0.15, 0.2) is 11.6 Å². The van der Waals surface area contributed by atoms with Crippen molar-refractivity contribution in [1.29, 1.82) is 0 Å². The normalized spacial score (nSPS) is 11.5. The predicted molar refractivity (Wildman–Crippen MR) is 126 cm³/mol. The van der Waals surface area contributed by atoms with E-state index in [1.165, 1.54) is 18.2 Å². The number of aryl methyl sites for hydroxylation is 1. The summed E-state index contributed by atoms with van der Waals surface area (Å²) >= 11 is 12.1. The van der Waals surface area contributed by atoms with Crippen molar-refractivity contribution in [3.8, 4) is 0 Å². The lowest BCUT2D eigenvalue weighted by molar-refractivity contribution is 0.601. The van der Waals surface area contributed by atoms with E-state index < -0.39 is 10.0 Å². The van der Waals surface area contributed by atoms with Crippen molar-refractivity contribution in [1.82, 2.24) is 9.97 Å². The molecular formula is C22H18Cl2N4O2S. The highest BCUT2D eigenvalue weighted by Gasteiger charge is 2.22. The van der Waals surface area contributed by atoms with Crippen molar-refractivity contribution in [3.05, 3.63) is 81.8 Å². The fourth-order valence-corrected chi connectivity index (χ4v) is 4.81. The highest BCUT2D eigenvalue weighted by molar-refractivity contribution is 7.92. The van der Waals surface area contributed by atoms with E-state index in [1.54, 1.807) is 12.1 Å². The first kappa shape index (κ1) is 21.4. The molecular weight excluding hydrogens is 455 g/mol. The third kappa shape index (κ3) is 4.44. The van der Waals surface area contributed by atoms with Gasteiger partial charge in [0.05, 0.1) is 16.1 Å². The number of nitrogens with zero attached hydrogens (tertiary/aromatic N) is 2. The summed E-state index contributed by atoms with van der Waals surface area (Å²) in [5.41, 5.74) is 4.07. The van der Waals surface area contributed by atoms with Gasteiger partial charge in [0.2, 0.25) is 0 Å². The van der Waals surface area contributed by atoms with Crippen molar-refractivity contribution in [2.75, 3.05) is 10.0 Å². The fourth-order valence-electron chi connectivity index (χ4n) is 3.04. The molecule has 1 heterocycles. The van der Waals surface area contributed by atoms with Gasteiger partial charge in [-0.3, -0.25) is 4.72 Å². The zero-order valence-corrected chi connectivity index (χ0v) is 19.0. The Hall–Kier alpha value is -2.87. The molecule has 0 aliphatic heterocycles. The quantitative estimate of drug-likeness (QED) is 0.366. The van der Waals surface area contributed by atoms with E-state index in [-0.39, 0.29) is 26.6 Å². The molecule has 2 N–H and O–H groups in total. The van der Waals surface area contributed by atoms with Gasteiger partial charge in [0, 0.05) is 10.7 Å². The highest BCUT2D eigenvalue weighted by Crippen LogP contribution is 2.31. The number of rotatable bonds is 5. The molecule has 31 heavy (non-hydrogen) atoms. The largest absolute Gasteiger partial charge is 0.337 e. The van der Waals surface area contributed by atoms with Crippen LogP contribution < -0.4 is 10.0 Å². The third-order valence-corrected chi connectivity index (χ3v) is 6.90. The standard InChI is InChI=1S/C22H18Cl2N4O2S/c1-13-6-5-9-17(14(13)2)25-21-22(27-19-8-4-3-7-18(19)26-21)28-31(29,30)20-12-15(23)10-11-16(20)24/h3-12H,1-2H3,(H,25,26)(H,27,28). The molecule has 0 fully saturated rings. The smallest absolute Gasteiger partial charge is 0.264 e. The lowest BCUT2D eigenvalue weighted by Gasteiger charge is -2.16. The molecule has 3 aromatic carbocycles. The van der Waals surface area contributed by atoms with Gasteiger partial charge >= 0.3 is 0 Å². The average Bonchev–Trinajstić information content (AvgIpc) is 2.73. The van der Waals surface area contributed by atoms with Gasteiger partial charge in [-0.1, -0.05) is 47.5 Å². The summed E-state index contributed by atoms with van der Waals surface area (Å²) in [6.07, 6.45) is 0. The molecule has 0 aliphatic carbocycles. The number of benzene rings is 3. The van der Waals surface area contributed by atoms with Crippen LogP contribution in [0.1, 0.15) is 11.1 Å². The van der Waals surface area contributed by atoms with Crippen LogP contribution in [0.3, 0.4) is 0 Å². The minimum absolute atomic E-state index is 0.0506. The van der Waals surface area contributed by atoms with E-state index in [0.29, 0.717) is 11.0 Å². The number of anilines is 3. The van der Waals surface area contributed by atoms with Crippen LogP contribution in [0.25, 0.3) is 11.0 Å². The topological polar surface area (TPSA) is 84.0 Å². The molecule has 1 aromatic heterocycles. The summed E-state index contributed by atoms with van der Waals surface area (Å²) in [4.78, 5) is 8.95. The molecule has 0 saturated heterocycles. The van der Waals surface area contributed by atoms with E-state index in [1.807, 2.05) is 44.2 Å². The summed E-state index contributed by atoms with van der Waals surface area (Å²) in [6, 6.07) is 17.3. The summed E-state index contributed by atoms with van der Waals surface area (Å²) < 4.78 is 28.7. The van der Waals surface area contributed by atoms with Gasteiger partial charge in [-0.25, -0.2) is 18.4 Å². The van der Waals surface area contributed by atoms with Crippen molar-refractivity contribution in [2.24, 2.45) is 0 Å². The second-order valence-electron chi connectivity index (χ2n) is 6.96. The average molecular weight is 473 g/mol. The monoisotopic (exact) mass is 472 g/mol. The third-order valence-electron chi connectivity index (χ3n) is 4.84. The predicted octanol–water partition coefficient (Wildman–Crippen LogP) is 6.10. The fraction of sp³-hybridized carbons (Fsp3) is 0.0909. The number of hydrogen-bond donors (Lipinski definition) is 2. The van der Waals surface area contributed by atoms with Gasteiger partial charge in [0.1, 0.15) is 4.90 Å². The zero-order valence-electron chi connectivity index (χ0n) is 16.6. The molecule has 9 heteroatoms. The van der Waals surface area contributed by atoms with Gasteiger partial charge in [-0.05, 0) is 61.4 Å². The van der Waals surface area contributed by atoms with Crippen molar-refractivity contribution < 1.29 is 8.42 Å². The highest BCUT2D eigenvalue weighted by atomic mass is 35.5. The van der Waals surface area contributed by atoms with Crippen molar-refractivity contribution in [2.45, 2.75) is 18.7 Å². The van der Waals surface area contributed by atoms with Crippen LogP contribution >= 0.6 is 23.2 Å². The van der Waals surface area contributed by atoms with E-state index in [4.69, 9.17) is 23.2 Å². The lowest BCUT2D eigenvalue weighted by atomic mass is 10.1. The van der Waals surface area contributed by atoms with Crippen LogP contribution in [0.4, 0.5) is 17.3 Å². The van der Waals surface area contributed by atoms with Crippen molar-refractivity contribution >= 4 is 61.6 Å². The molecule has 0 spiro atoms. The molecule has 0 radical (unpaired) electrons. The molecule has 158 valence electrons. The Morgan fingerprint density at radius 1 is 0.839 bits per heavy atom. The lowest BCUT2D eigenvalue weighted by Crippen LogP contribution is -2.16. The van der Waals surface area contributed by atoms with E-state index in [9.17, 15) is 8.42 Å². The Balaban J connectivity index is 1.83. The van der Waals surface area contributed by atoms with Crippen LogP contribution in [0, 0.1) is 13.8 Å². The minimum Gasteiger partial charge on any atom is -0.337 e. The van der Waals surface area contributed by atoms with Crippen LogP contribution in [0.2, 0.25) is 10.0 Å². The molecule has 0 unspecified atom stereocenters. The molecule has 0 aliphatic rings. The Morgan fingerprint density at radius 2 is 1.52 bits per heavy atom. The second kappa shape index (κ2) is 8.34. The Kier molecular flexibility index (Phi) is 5.75. The van der Waals surface area contributed by atoms with E-state index in [2.05, 4.69) is 20.0 Å². The van der Waals surface area contributed by atoms with E-state index in [0.717, 1.165) is 16.8 Å². The van der Waals surface area contributed by atoms with E-state index >= 15 is 0 Å². The summed E-state index contributed by atoms with van der Waals surface area (Å²) in [5, 5.41) is 3.52. The van der Waals surface area contributed by atoms with Crippen LogP contribution in [-0.2, 0) is 10.0 Å².